The van der Waals surface area contributed by atoms with E-state index < -0.39 is 0 Å². The van der Waals surface area contributed by atoms with E-state index in [1.165, 1.54) is 0 Å². The molecule has 0 spiro atoms. The molecule has 1 amide bonds. The number of amides is 1. The summed E-state index contributed by atoms with van der Waals surface area (Å²) >= 11 is 0. The molecule has 3 N–H and O–H groups in total. The van der Waals surface area contributed by atoms with Crippen LogP contribution in [0.4, 0.5) is 0 Å². The fourth-order valence-electron chi connectivity index (χ4n) is 2.56. The highest BCUT2D eigenvalue weighted by atomic mass is 16.5. The zero-order chi connectivity index (χ0) is 15.2. The van der Waals surface area contributed by atoms with Crippen LogP contribution in [0, 0.1) is 0 Å². The van der Waals surface area contributed by atoms with Gasteiger partial charge < -0.3 is 20.5 Å². The topological polar surface area (TPSA) is 75.8 Å². The highest BCUT2D eigenvalue weighted by molar-refractivity contribution is 5.76. The quantitative estimate of drug-likeness (QED) is 0.851. The average Bonchev–Trinajstić information content (AvgIpc) is 2.53. The third-order valence-corrected chi connectivity index (χ3v) is 3.93. The van der Waals surface area contributed by atoms with Crippen LogP contribution in [0.25, 0.3) is 0 Å². The van der Waals surface area contributed by atoms with E-state index in [9.17, 15) is 4.79 Å². The molecule has 116 valence electrons. The van der Waals surface area contributed by atoms with Gasteiger partial charge in [0, 0.05) is 19.0 Å². The van der Waals surface area contributed by atoms with Crippen molar-refractivity contribution < 1.29 is 14.6 Å². The highest BCUT2D eigenvalue weighted by Gasteiger charge is 2.29. The number of morpholine rings is 1. The van der Waals surface area contributed by atoms with E-state index in [1.54, 1.807) is 4.90 Å². The van der Waals surface area contributed by atoms with Crippen LogP contribution in [-0.2, 0) is 9.53 Å². The number of carbonyl (C=O) groups is 1. The SMILES string of the molecule is CC1COC(CO)CN1C(=O)CCC(N)c1ccccc1. The molecule has 1 heterocycles. The maximum Gasteiger partial charge on any atom is 0.223 e. The molecule has 0 saturated carbocycles. The van der Waals surface area contributed by atoms with Gasteiger partial charge in [-0.3, -0.25) is 4.79 Å². The Balaban J connectivity index is 1.86. The summed E-state index contributed by atoms with van der Waals surface area (Å²) in [4.78, 5) is 14.1. The van der Waals surface area contributed by atoms with Crippen molar-refractivity contribution in [2.75, 3.05) is 19.8 Å². The summed E-state index contributed by atoms with van der Waals surface area (Å²) in [5.74, 6) is 0.0793. The zero-order valence-electron chi connectivity index (χ0n) is 12.4. The van der Waals surface area contributed by atoms with Gasteiger partial charge in [-0.25, -0.2) is 0 Å². The van der Waals surface area contributed by atoms with Gasteiger partial charge in [0.1, 0.15) is 0 Å². The molecule has 21 heavy (non-hydrogen) atoms. The molecule has 0 aliphatic carbocycles. The van der Waals surface area contributed by atoms with E-state index in [1.807, 2.05) is 37.3 Å². The minimum Gasteiger partial charge on any atom is -0.394 e. The fourth-order valence-corrected chi connectivity index (χ4v) is 2.56. The number of hydrogen-bond acceptors (Lipinski definition) is 4. The predicted octanol–water partition coefficient (Wildman–Crippen LogP) is 1.07. The van der Waals surface area contributed by atoms with Crippen LogP contribution in [-0.4, -0.2) is 47.8 Å². The lowest BCUT2D eigenvalue weighted by Gasteiger charge is -2.37. The van der Waals surface area contributed by atoms with Gasteiger partial charge in [0.15, 0.2) is 0 Å². The number of ether oxygens (including phenoxy) is 1. The van der Waals surface area contributed by atoms with Gasteiger partial charge in [-0.1, -0.05) is 30.3 Å². The van der Waals surface area contributed by atoms with Crippen LogP contribution in [0.5, 0.6) is 0 Å². The van der Waals surface area contributed by atoms with Gasteiger partial charge in [-0.2, -0.15) is 0 Å². The Kier molecular flexibility index (Phi) is 5.73. The number of aliphatic hydroxyl groups excluding tert-OH is 1. The van der Waals surface area contributed by atoms with E-state index in [0.717, 1.165) is 5.56 Å². The molecule has 3 atom stereocenters. The van der Waals surface area contributed by atoms with E-state index in [2.05, 4.69) is 0 Å². The molecule has 3 unspecified atom stereocenters. The van der Waals surface area contributed by atoms with Crippen LogP contribution >= 0.6 is 0 Å². The summed E-state index contributed by atoms with van der Waals surface area (Å²) < 4.78 is 5.45. The van der Waals surface area contributed by atoms with Gasteiger partial charge >= 0.3 is 0 Å². The van der Waals surface area contributed by atoms with Crippen LogP contribution in [0.3, 0.4) is 0 Å². The summed E-state index contributed by atoms with van der Waals surface area (Å²) in [5, 5.41) is 9.16. The average molecular weight is 292 g/mol. The maximum atomic E-state index is 12.3. The molecule has 2 rings (SSSR count). The number of benzene rings is 1. The summed E-state index contributed by atoms with van der Waals surface area (Å²) in [7, 11) is 0. The van der Waals surface area contributed by atoms with Gasteiger partial charge in [-0.05, 0) is 18.9 Å². The largest absolute Gasteiger partial charge is 0.394 e. The van der Waals surface area contributed by atoms with Crippen molar-refractivity contribution in [3.8, 4) is 0 Å². The number of nitrogens with two attached hydrogens (primary N) is 1. The molecule has 5 heteroatoms. The van der Waals surface area contributed by atoms with E-state index in [4.69, 9.17) is 15.6 Å². The maximum absolute atomic E-state index is 12.3. The number of carbonyl (C=O) groups excluding carboxylic acids is 1. The van der Waals surface area contributed by atoms with Crippen molar-refractivity contribution in [1.82, 2.24) is 4.90 Å². The smallest absolute Gasteiger partial charge is 0.223 e. The van der Waals surface area contributed by atoms with Crippen molar-refractivity contribution >= 4 is 5.91 Å². The van der Waals surface area contributed by atoms with Gasteiger partial charge in [0.25, 0.3) is 0 Å². The van der Waals surface area contributed by atoms with Crippen LogP contribution in [0.2, 0.25) is 0 Å². The van der Waals surface area contributed by atoms with E-state index >= 15 is 0 Å². The highest BCUT2D eigenvalue weighted by Crippen LogP contribution is 2.18. The monoisotopic (exact) mass is 292 g/mol. The first-order chi connectivity index (χ1) is 10.1. The molecular formula is C16H24N2O3. The van der Waals surface area contributed by atoms with Crippen molar-refractivity contribution in [3.05, 3.63) is 35.9 Å². The Hall–Kier alpha value is -1.43. The summed E-state index contributed by atoms with van der Waals surface area (Å²) in [6.45, 7) is 2.83. The van der Waals surface area contributed by atoms with Crippen LogP contribution in [0.15, 0.2) is 30.3 Å². The van der Waals surface area contributed by atoms with E-state index in [-0.39, 0.29) is 30.7 Å². The van der Waals surface area contributed by atoms with Crippen molar-refractivity contribution in [2.24, 2.45) is 5.73 Å². The van der Waals surface area contributed by atoms with Crippen molar-refractivity contribution in [2.45, 2.75) is 38.0 Å². The van der Waals surface area contributed by atoms with Crippen LogP contribution in [0.1, 0.15) is 31.4 Å². The molecule has 1 fully saturated rings. The molecule has 1 aliphatic rings. The first kappa shape index (κ1) is 15.9. The lowest BCUT2D eigenvalue weighted by atomic mass is 10.0. The normalized spacial score (nSPS) is 23.9. The van der Waals surface area contributed by atoms with Gasteiger partial charge in [0.2, 0.25) is 5.91 Å². The minimum atomic E-state index is -0.270. The minimum absolute atomic E-state index is 0.0493. The molecule has 1 saturated heterocycles. The Bertz CT molecular complexity index is 452. The van der Waals surface area contributed by atoms with Crippen molar-refractivity contribution in [1.29, 1.82) is 0 Å². The third-order valence-electron chi connectivity index (χ3n) is 3.93. The Morgan fingerprint density at radius 3 is 2.86 bits per heavy atom. The second kappa shape index (κ2) is 7.54. The molecule has 0 aromatic heterocycles. The summed E-state index contributed by atoms with van der Waals surface area (Å²) in [5.41, 5.74) is 7.18. The van der Waals surface area contributed by atoms with Crippen molar-refractivity contribution in [3.63, 3.8) is 0 Å². The molecule has 5 nitrogen and oxygen atoms in total. The molecule has 0 bridgehead atoms. The molecule has 1 aromatic rings. The fraction of sp³-hybridized carbons (Fsp3) is 0.562. The number of nitrogens with zero attached hydrogens (tertiary/aromatic N) is 1. The van der Waals surface area contributed by atoms with Gasteiger partial charge in [-0.15, -0.1) is 0 Å². The summed E-state index contributed by atoms with van der Waals surface area (Å²) in [6.07, 6.45) is 0.767. The zero-order valence-corrected chi connectivity index (χ0v) is 12.4. The Labute approximate surface area is 125 Å². The lowest BCUT2D eigenvalue weighted by molar-refractivity contribution is -0.146. The second-order valence-electron chi connectivity index (χ2n) is 5.59. The van der Waals surface area contributed by atoms with E-state index in [0.29, 0.717) is 26.0 Å². The second-order valence-corrected chi connectivity index (χ2v) is 5.59. The summed E-state index contributed by atoms with van der Waals surface area (Å²) in [6, 6.07) is 9.74. The first-order valence-electron chi connectivity index (χ1n) is 7.44. The third kappa shape index (κ3) is 4.27. The predicted molar refractivity (Wildman–Crippen MR) is 80.6 cm³/mol. The molecule has 1 aromatic carbocycles. The van der Waals surface area contributed by atoms with Gasteiger partial charge in [0.05, 0.1) is 25.4 Å². The first-order valence-corrected chi connectivity index (χ1v) is 7.44. The molecular weight excluding hydrogens is 268 g/mol. The number of rotatable bonds is 5. The Morgan fingerprint density at radius 2 is 2.19 bits per heavy atom. The number of hydrogen-bond donors (Lipinski definition) is 2. The lowest BCUT2D eigenvalue weighted by Crippen LogP contribution is -2.52. The standard InChI is InChI=1S/C16H24N2O3/c1-12-11-21-14(10-19)9-18(12)16(20)8-7-15(17)13-5-3-2-4-6-13/h2-6,12,14-15,19H,7-11,17H2,1H3. The Morgan fingerprint density at radius 1 is 1.48 bits per heavy atom. The molecule has 1 aliphatic heterocycles. The number of aliphatic hydroxyl groups is 1. The van der Waals surface area contributed by atoms with Crippen LogP contribution < -0.4 is 5.73 Å². The molecule has 0 radical (unpaired) electrons.